The Balaban J connectivity index is 1.84. The maximum Gasteiger partial charge on any atom is 0.354 e. The Hall–Kier alpha value is -2.51. The number of fused-ring (bicyclic) bond motifs is 3. The quantitative estimate of drug-likeness (QED) is 0.370. The summed E-state index contributed by atoms with van der Waals surface area (Å²) >= 11 is 4.54. The molecule has 0 radical (unpaired) electrons. The monoisotopic (exact) mass is 483 g/mol. The first-order valence-electron chi connectivity index (χ1n) is 9.81. The molecule has 7 heteroatoms. The van der Waals surface area contributed by atoms with E-state index in [0.29, 0.717) is 5.39 Å². The summed E-state index contributed by atoms with van der Waals surface area (Å²) < 4.78 is 8.20. The standard InChI is InChI=1S/C23H18BrNO4S/c24-15-10-4-6-12-17(15)30-21-19(26)18-20(29-23(21)28)14-9-3-5-11-16(14)25(22(18)27)13-7-1-2-8-13/h3-6,9-13,26H,1-2,7-8H2. The second kappa shape index (κ2) is 7.63. The number of rotatable bonds is 3. The average Bonchev–Trinajstić information content (AvgIpc) is 3.26. The van der Waals surface area contributed by atoms with Crippen molar-refractivity contribution in [2.45, 2.75) is 41.5 Å². The van der Waals surface area contributed by atoms with Crippen LogP contribution in [-0.4, -0.2) is 9.67 Å². The fourth-order valence-corrected chi connectivity index (χ4v) is 5.64. The lowest BCUT2D eigenvalue weighted by molar-refractivity contribution is 0.445. The van der Waals surface area contributed by atoms with Crippen LogP contribution in [0.3, 0.4) is 0 Å². The highest BCUT2D eigenvalue weighted by atomic mass is 79.9. The highest BCUT2D eigenvalue weighted by Gasteiger charge is 2.26. The Morgan fingerprint density at radius 1 is 1.03 bits per heavy atom. The molecule has 152 valence electrons. The SMILES string of the molecule is O=c1oc2c(c(O)c1Sc1ccccc1Br)c(=O)n(C1CCCC1)c1ccccc21. The number of aromatic hydroxyl groups is 1. The molecule has 0 bridgehead atoms. The number of halogens is 1. The van der Waals surface area contributed by atoms with Crippen molar-refractivity contribution in [3.05, 3.63) is 73.8 Å². The highest BCUT2D eigenvalue weighted by Crippen LogP contribution is 2.40. The predicted octanol–water partition coefficient (Wildman–Crippen LogP) is 5.84. The third-order valence-corrected chi connectivity index (χ3v) is 7.73. The van der Waals surface area contributed by atoms with Gasteiger partial charge < -0.3 is 14.1 Å². The van der Waals surface area contributed by atoms with Gasteiger partial charge in [0.25, 0.3) is 5.56 Å². The molecule has 1 N–H and O–H groups in total. The van der Waals surface area contributed by atoms with Crippen molar-refractivity contribution < 1.29 is 9.52 Å². The number of hydrogen-bond acceptors (Lipinski definition) is 5. The number of hydrogen-bond donors (Lipinski definition) is 1. The molecule has 0 aliphatic heterocycles. The summed E-state index contributed by atoms with van der Waals surface area (Å²) in [6.45, 7) is 0. The van der Waals surface area contributed by atoms with Crippen LogP contribution in [-0.2, 0) is 0 Å². The van der Waals surface area contributed by atoms with Crippen LogP contribution in [0.4, 0.5) is 0 Å². The number of nitrogens with zero attached hydrogens (tertiary/aromatic N) is 1. The molecule has 0 atom stereocenters. The van der Waals surface area contributed by atoms with Crippen molar-refractivity contribution in [2.75, 3.05) is 0 Å². The van der Waals surface area contributed by atoms with E-state index in [4.69, 9.17) is 4.42 Å². The van der Waals surface area contributed by atoms with Gasteiger partial charge in [0.15, 0.2) is 11.3 Å². The van der Waals surface area contributed by atoms with Crippen molar-refractivity contribution in [1.82, 2.24) is 4.57 Å². The van der Waals surface area contributed by atoms with Crippen molar-refractivity contribution in [3.8, 4) is 5.75 Å². The van der Waals surface area contributed by atoms with Gasteiger partial charge in [-0.1, -0.05) is 48.9 Å². The number of pyridine rings is 1. The largest absolute Gasteiger partial charge is 0.505 e. The van der Waals surface area contributed by atoms with E-state index in [9.17, 15) is 14.7 Å². The van der Waals surface area contributed by atoms with Crippen molar-refractivity contribution in [3.63, 3.8) is 0 Å². The van der Waals surface area contributed by atoms with Crippen LogP contribution < -0.4 is 11.2 Å². The summed E-state index contributed by atoms with van der Waals surface area (Å²) in [6.07, 6.45) is 3.99. The van der Waals surface area contributed by atoms with Crippen LogP contribution >= 0.6 is 27.7 Å². The summed E-state index contributed by atoms with van der Waals surface area (Å²) in [7, 11) is 0. The first kappa shape index (κ1) is 19.5. The molecule has 5 rings (SSSR count). The molecule has 2 aromatic carbocycles. The Labute approximate surface area is 184 Å². The topological polar surface area (TPSA) is 72.4 Å². The van der Waals surface area contributed by atoms with Gasteiger partial charge in [0.05, 0.1) is 5.52 Å². The summed E-state index contributed by atoms with van der Waals surface area (Å²) in [6, 6.07) is 14.9. The lowest BCUT2D eigenvalue weighted by Crippen LogP contribution is -2.25. The third-order valence-electron chi connectivity index (χ3n) is 5.64. The van der Waals surface area contributed by atoms with Crippen molar-refractivity contribution in [1.29, 1.82) is 0 Å². The fraction of sp³-hybridized carbons (Fsp3) is 0.217. The second-order valence-electron chi connectivity index (χ2n) is 7.43. The van der Waals surface area contributed by atoms with E-state index in [2.05, 4.69) is 15.9 Å². The molecule has 0 amide bonds. The minimum absolute atomic E-state index is 0.0137. The van der Waals surface area contributed by atoms with Crippen LogP contribution in [0, 0.1) is 0 Å². The summed E-state index contributed by atoms with van der Waals surface area (Å²) in [5, 5.41) is 11.8. The Kier molecular flexibility index (Phi) is 4.95. The molecule has 4 aromatic rings. The van der Waals surface area contributed by atoms with E-state index in [0.717, 1.165) is 52.3 Å². The van der Waals surface area contributed by atoms with Gasteiger partial charge in [0.1, 0.15) is 10.3 Å². The molecule has 1 aliphatic rings. The van der Waals surface area contributed by atoms with Gasteiger partial charge in [0.2, 0.25) is 0 Å². The van der Waals surface area contributed by atoms with Gasteiger partial charge in [-0.25, -0.2) is 4.79 Å². The fourth-order valence-electron chi connectivity index (χ4n) is 4.25. The maximum absolute atomic E-state index is 13.6. The normalized spacial score (nSPS) is 14.7. The van der Waals surface area contributed by atoms with E-state index in [1.807, 2.05) is 48.5 Å². The minimum Gasteiger partial charge on any atom is -0.505 e. The van der Waals surface area contributed by atoms with Gasteiger partial charge in [-0.05, 0) is 53.0 Å². The molecule has 30 heavy (non-hydrogen) atoms. The second-order valence-corrected chi connectivity index (χ2v) is 9.34. The predicted molar refractivity (Wildman–Crippen MR) is 122 cm³/mol. The summed E-state index contributed by atoms with van der Waals surface area (Å²) in [5.74, 6) is -0.315. The van der Waals surface area contributed by atoms with Crippen LogP contribution in [0.15, 0.2) is 76.8 Å². The molecule has 1 saturated carbocycles. The lowest BCUT2D eigenvalue weighted by Gasteiger charge is -2.18. The van der Waals surface area contributed by atoms with Gasteiger partial charge in [-0.2, -0.15) is 0 Å². The molecule has 0 unspecified atom stereocenters. The van der Waals surface area contributed by atoms with Gasteiger partial charge in [-0.15, -0.1) is 0 Å². The highest BCUT2D eigenvalue weighted by molar-refractivity contribution is 9.10. The molecular formula is C23H18BrNO4S. The molecule has 0 saturated heterocycles. The number of aromatic nitrogens is 1. The first-order valence-corrected chi connectivity index (χ1v) is 11.4. The lowest BCUT2D eigenvalue weighted by atomic mass is 10.1. The van der Waals surface area contributed by atoms with E-state index in [1.54, 1.807) is 4.57 Å². The van der Waals surface area contributed by atoms with Crippen LogP contribution in [0.5, 0.6) is 5.75 Å². The molecule has 1 fully saturated rings. The average molecular weight is 484 g/mol. The molecule has 2 aromatic heterocycles. The van der Waals surface area contributed by atoms with E-state index in [1.165, 1.54) is 0 Å². The molecule has 1 aliphatic carbocycles. The van der Waals surface area contributed by atoms with Gasteiger partial charge in [0, 0.05) is 20.8 Å². The maximum atomic E-state index is 13.6. The zero-order valence-corrected chi connectivity index (χ0v) is 18.3. The number of para-hydroxylation sites is 1. The molecule has 0 spiro atoms. The summed E-state index contributed by atoms with van der Waals surface area (Å²) in [4.78, 5) is 27.1. The van der Waals surface area contributed by atoms with E-state index >= 15 is 0 Å². The Morgan fingerprint density at radius 3 is 2.50 bits per heavy atom. The minimum atomic E-state index is -0.663. The molecule has 2 heterocycles. The zero-order valence-electron chi connectivity index (χ0n) is 15.9. The van der Waals surface area contributed by atoms with Crippen molar-refractivity contribution in [2.24, 2.45) is 0 Å². The van der Waals surface area contributed by atoms with Gasteiger partial charge >= 0.3 is 5.63 Å². The molecular weight excluding hydrogens is 466 g/mol. The zero-order chi connectivity index (χ0) is 20.8. The molecule has 5 nitrogen and oxygen atoms in total. The van der Waals surface area contributed by atoms with Crippen LogP contribution in [0.25, 0.3) is 21.9 Å². The van der Waals surface area contributed by atoms with Crippen LogP contribution in [0.1, 0.15) is 31.7 Å². The first-order chi connectivity index (χ1) is 14.6. The summed E-state index contributed by atoms with van der Waals surface area (Å²) in [5.41, 5.74) is -0.103. The third kappa shape index (κ3) is 3.08. The van der Waals surface area contributed by atoms with Gasteiger partial charge in [-0.3, -0.25) is 4.79 Å². The van der Waals surface area contributed by atoms with Crippen LogP contribution in [0.2, 0.25) is 0 Å². The van der Waals surface area contributed by atoms with E-state index < -0.39 is 5.63 Å². The smallest absolute Gasteiger partial charge is 0.354 e. The Morgan fingerprint density at radius 2 is 1.73 bits per heavy atom. The van der Waals surface area contributed by atoms with Crippen molar-refractivity contribution >= 4 is 49.6 Å². The van der Waals surface area contributed by atoms with E-state index in [-0.39, 0.29) is 33.2 Å². The Bertz CT molecular complexity index is 1400. The number of benzene rings is 2.